The normalized spacial score (nSPS) is 19.8. The van der Waals surface area contributed by atoms with Crippen molar-refractivity contribution in [3.8, 4) is 0 Å². The summed E-state index contributed by atoms with van der Waals surface area (Å²) in [6.07, 6.45) is 2.19. The van der Waals surface area contributed by atoms with Gasteiger partial charge in [0.15, 0.2) is 0 Å². The van der Waals surface area contributed by atoms with Crippen LogP contribution in [0.5, 0.6) is 0 Å². The fourth-order valence-corrected chi connectivity index (χ4v) is 2.73. The van der Waals surface area contributed by atoms with Gasteiger partial charge in [0.05, 0.1) is 6.10 Å². The third-order valence-corrected chi connectivity index (χ3v) is 3.81. The van der Waals surface area contributed by atoms with Crippen LogP contribution in [0.4, 0.5) is 5.69 Å². The third kappa shape index (κ3) is 4.05. The van der Waals surface area contributed by atoms with Crippen LogP contribution in [0.1, 0.15) is 26.2 Å². The number of piperidine rings is 1. The second kappa shape index (κ2) is 7.41. The van der Waals surface area contributed by atoms with Crippen LogP contribution in [0.15, 0.2) is 30.3 Å². The molecule has 1 amide bonds. The Kier molecular flexibility index (Phi) is 5.56. The first-order valence-electron chi connectivity index (χ1n) is 7.46. The molecule has 1 aromatic rings. The molecule has 1 aliphatic heterocycles. The van der Waals surface area contributed by atoms with Gasteiger partial charge in [0.1, 0.15) is 0 Å². The van der Waals surface area contributed by atoms with Gasteiger partial charge < -0.3 is 14.9 Å². The molecular formula is C16H24N2O2. The van der Waals surface area contributed by atoms with Crippen LogP contribution in [0, 0.1) is 0 Å². The van der Waals surface area contributed by atoms with Crippen LogP contribution < -0.4 is 4.90 Å². The Hall–Kier alpha value is -1.39. The third-order valence-electron chi connectivity index (χ3n) is 3.81. The number of hydrogen-bond donors (Lipinski definition) is 1. The average molecular weight is 276 g/mol. The molecule has 1 saturated heterocycles. The van der Waals surface area contributed by atoms with Crippen molar-refractivity contribution in [3.63, 3.8) is 0 Å². The van der Waals surface area contributed by atoms with Crippen molar-refractivity contribution in [2.45, 2.75) is 32.3 Å². The minimum Gasteiger partial charge on any atom is -0.392 e. The minimum absolute atomic E-state index is 0.152. The summed E-state index contributed by atoms with van der Waals surface area (Å²) < 4.78 is 0. The van der Waals surface area contributed by atoms with Gasteiger partial charge in [0, 0.05) is 31.7 Å². The Morgan fingerprint density at radius 2 is 2.15 bits per heavy atom. The van der Waals surface area contributed by atoms with E-state index in [-0.39, 0.29) is 12.0 Å². The Bertz CT molecular complexity index is 422. The summed E-state index contributed by atoms with van der Waals surface area (Å²) in [7, 11) is 0. The highest BCUT2D eigenvalue weighted by Crippen LogP contribution is 2.15. The zero-order chi connectivity index (χ0) is 14.4. The number of aliphatic hydroxyl groups is 1. The first-order valence-corrected chi connectivity index (χ1v) is 7.46. The number of β-amino-alcohol motifs (C(OH)–C–C–N with tert-alkyl or cyclic N) is 1. The van der Waals surface area contributed by atoms with Gasteiger partial charge in [-0.3, -0.25) is 4.79 Å². The van der Waals surface area contributed by atoms with E-state index in [0.29, 0.717) is 19.5 Å². The lowest BCUT2D eigenvalue weighted by molar-refractivity contribution is -0.119. The minimum atomic E-state index is -0.227. The summed E-state index contributed by atoms with van der Waals surface area (Å²) in [5, 5.41) is 9.64. The molecule has 20 heavy (non-hydrogen) atoms. The van der Waals surface area contributed by atoms with Crippen LogP contribution in [-0.4, -0.2) is 48.2 Å². The molecule has 1 aliphatic rings. The van der Waals surface area contributed by atoms with Crippen molar-refractivity contribution in [2.75, 3.05) is 31.1 Å². The Morgan fingerprint density at radius 3 is 2.80 bits per heavy atom. The maximum atomic E-state index is 12.3. The van der Waals surface area contributed by atoms with Crippen LogP contribution >= 0.6 is 0 Å². The van der Waals surface area contributed by atoms with E-state index in [1.54, 1.807) is 0 Å². The average Bonchev–Trinajstić information content (AvgIpc) is 2.47. The van der Waals surface area contributed by atoms with E-state index >= 15 is 0 Å². The maximum absolute atomic E-state index is 12.3. The molecule has 1 fully saturated rings. The van der Waals surface area contributed by atoms with Gasteiger partial charge in [-0.05, 0) is 38.4 Å². The van der Waals surface area contributed by atoms with Gasteiger partial charge in [-0.2, -0.15) is 0 Å². The number of benzene rings is 1. The molecule has 1 atom stereocenters. The quantitative estimate of drug-likeness (QED) is 0.893. The van der Waals surface area contributed by atoms with Crippen LogP contribution in [0.25, 0.3) is 0 Å². The van der Waals surface area contributed by atoms with Crippen molar-refractivity contribution in [1.29, 1.82) is 0 Å². The maximum Gasteiger partial charge on any atom is 0.228 e. The molecule has 4 heteroatoms. The fourth-order valence-electron chi connectivity index (χ4n) is 2.73. The number of carbonyl (C=O) groups excluding carboxylic acids is 1. The highest BCUT2D eigenvalue weighted by molar-refractivity contribution is 5.93. The van der Waals surface area contributed by atoms with E-state index in [1.807, 2.05) is 42.2 Å². The smallest absolute Gasteiger partial charge is 0.228 e. The predicted molar refractivity (Wildman–Crippen MR) is 80.8 cm³/mol. The fraction of sp³-hybridized carbons (Fsp3) is 0.562. The molecule has 2 rings (SSSR count). The second-order valence-electron chi connectivity index (χ2n) is 5.32. The van der Waals surface area contributed by atoms with Gasteiger partial charge >= 0.3 is 0 Å². The van der Waals surface area contributed by atoms with Crippen molar-refractivity contribution >= 4 is 11.6 Å². The van der Waals surface area contributed by atoms with E-state index in [0.717, 1.165) is 31.6 Å². The van der Waals surface area contributed by atoms with Gasteiger partial charge in [-0.25, -0.2) is 0 Å². The van der Waals surface area contributed by atoms with Crippen molar-refractivity contribution in [1.82, 2.24) is 4.90 Å². The lowest BCUT2D eigenvalue weighted by atomic mass is 10.1. The van der Waals surface area contributed by atoms with Crippen LogP contribution in [0.3, 0.4) is 0 Å². The molecule has 0 aromatic heterocycles. The molecule has 4 nitrogen and oxygen atoms in total. The molecular weight excluding hydrogens is 252 g/mol. The van der Waals surface area contributed by atoms with E-state index < -0.39 is 0 Å². The number of para-hydroxylation sites is 1. The molecule has 1 aromatic carbocycles. The van der Waals surface area contributed by atoms with Crippen molar-refractivity contribution < 1.29 is 9.90 Å². The highest BCUT2D eigenvalue weighted by Gasteiger charge is 2.20. The van der Waals surface area contributed by atoms with Gasteiger partial charge in [0.25, 0.3) is 0 Å². The number of hydrogen-bond acceptors (Lipinski definition) is 3. The Morgan fingerprint density at radius 1 is 1.40 bits per heavy atom. The SMILES string of the molecule is CCN(C(=O)CCN1CCC[C@@H](O)C1)c1ccccc1. The summed E-state index contributed by atoms with van der Waals surface area (Å²) in [6.45, 7) is 5.10. The molecule has 0 spiro atoms. The molecule has 0 bridgehead atoms. The van der Waals surface area contributed by atoms with Gasteiger partial charge in [-0.15, -0.1) is 0 Å². The summed E-state index contributed by atoms with van der Waals surface area (Å²) in [5.74, 6) is 0.152. The van der Waals surface area contributed by atoms with Gasteiger partial charge in [-0.1, -0.05) is 18.2 Å². The van der Waals surface area contributed by atoms with Crippen LogP contribution in [-0.2, 0) is 4.79 Å². The number of anilines is 1. The molecule has 1 heterocycles. The Balaban J connectivity index is 1.87. The molecule has 1 N–H and O–H groups in total. The largest absolute Gasteiger partial charge is 0.392 e. The number of nitrogens with zero attached hydrogens (tertiary/aromatic N) is 2. The van der Waals surface area contributed by atoms with Gasteiger partial charge in [0.2, 0.25) is 5.91 Å². The number of rotatable bonds is 5. The monoisotopic (exact) mass is 276 g/mol. The highest BCUT2D eigenvalue weighted by atomic mass is 16.3. The van der Waals surface area contributed by atoms with Crippen LogP contribution in [0.2, 0.25) is 0 Å². The number of carbonyl (C=O) groups is 1. The number of aliphatic hydroxyl groups excluding tert-OH is 1. The zero-order valence-corrected chi connectivity index (χ0v) is 12.2. The molecule has 110 valence electrons. The second-order valence-corrected chi connectivity index (χ2v) is 5.32. The van der Waals surface area contributed by atoms with Crippen molar-refractivity contribution in [2.24, 2.45) is 0 Å². The predicted octanol–water partition coefficient (Wildman–Crippen LogP) is 1.89. The summed E-state index contributed by atoms with van der Waals surface area (Å²) in [5.41, 5.74) is 0.957. The number of amides is 1. The first kappa shape index (κ1) is 15.0. The standard InChI is InChI=1S/C16H24N2O2/c1-2-18(14-7-4-3-5-8-14)16(20)10-12-17-11-6-9-15(19)13-17/h3-5,7-8,15,19H,2,6,9-13H2,1H3/t15-/m1/s1. The zero-order valence-electron chi connectivity index (χ0n) is 12.2. The number of likely N-dealkylation sites (tertiary alicyclic amines) is 1. The summed E-state index contributed by atoms with van der Waals surface area (Å²) in [4.78, 5) is 16.3. The first-order chi connectivity index (χ1) is 9.70. The molecule has 0 unspecified atom stereocenters. The van der Waals surface area contributed by atoms with E-state index in [9.17, 15) is 9.90 Å². The lowest BCUT2D eigenvalue weighted by Gasteiger charge is -2.30. The van der Waals surface area contributed by atoms with E-state index in [1.165, 1.54) is 0 Å². The summed E-state index contributed by atoms with van der Waals surface area (Å²) in [6, 6.07) is 9.79. The Labute approximate surface area is 121 Å². The topological polar surface area (TPSA) is 43.8 Å². The summed E-state index contributed by atoms with van der Waals surface area (Å²) >= 11 is 0. The lowest BCUT2D eigenvalue weighted by Crippen LogP contribution is -2.41. The van der Waals surface area contributed by atoms with E-state index in [4.69, 9.17) is 0 Å². The molecule has 0 saturated carbocycles. The van der Waals surface area contributed by atoms with E-state index in [2.05, 4.69) is 4.90 Å². The molecule has 0 radical (unpaired) electrons. The van der Waals surface area contributed by atoms with Crippen molar-refractivity contribution in [3.05, 3.63) is 30.3 Å². The molecule has 0 aliphatic carbocycles.